The average Bonchev–Trinajstić information content (AvgIpc) is 2.49. The number of benzene rings is 2. The van der Waals surface area contributed by atoms with E-state index in [1.165, 1.54) is 0 Å². The lowest BCUT2D eigenvalue weighted by Crippen LogP contribution is -2.00. The molecular formula is C17H12O. The molecule has 0 aliphatic heterocycles. The summed E-state index contributed by atoms with van der Waals surface area (Å²) in [6, 6.07) is 16.3. The molecule has 0 fully saturated rings. The lowest BCUT2D eigenvalue weighted by atomic mass is 10.0. The van der Waals surface area contributed by atoms with Gasteiger partial charge in [0, 0.05) is 16.7 Å². The third-order valence-corrected chi connectivity index (χ3v) is 2.35. The summed E-state index contributed by atoms with van der Waals surface area (Å²) in [7, 11) is 0. The summed E-state index contributed by atoms with van der Waals surface area (Å²) in [5, 5.41) is 0. The first-order valence-electron chi connectivity index (χ1n) is 5.31. The van der Waals surface area contributed by atoms with Crippen molar-refractivity contribution in [1.29, 1.82) is 0 Å². The highest BCUT2D eigenvalue weighted by atomic mass is 16.1. The van der Waals surface area contributed by atoms with Crippen LogP contribution in [0.2, 0.25) is 0 Å². The van der Waals surface area contributed by atoms with Crippen LogP contribution in [0.15, 0.2) is 54.6 Å². The zero-order chi connectivity index (χ0) is 13.4. The Morgan fingerprint density at radius 1 is 0.833 bits per heavy atom. The van der Waals surface area contributed by atoms with E-state index in [-0.39, 0.29) is 5.78 Å². The maximum absolute atomic E-state index is 12.0. The molecule has 0 atom stereocenters. The number of terminal acetylenes is 2. The third kappa shape index (κ3) is 3.11. The highest BCUT2D eigenvalue weighted by Crippen LogP contribution is 2.10. The van der Waals surface area contributed by atoms with Crippen molar-refractivity contribution in [2.24, 2.45) is 0 Å². The van der Waals surface area contributed by atoms with E-state index >= 15 is 0 Å². The zero-order valence-electron chi connectivity index (χ0n) is 9.84. The van der Waals surface area contributed by atoms with E-state index in [1.54, 1.807) is 36.4 Å². The van der Waals surface area contributed by atoms with Crippen LogP contribution >= 0.6 is 0 Å². The van der Waals surface area contributed by atoms with Crippen LogP contribution in [-0.4, -0.2) is 5.78 Å². The van der Waals surface area contributed by atoms with Crippen molar-refractivity contribution >= 4 is 5.78 Å². The van der Waals surface area contributed by atoms with Crippen LogP contribution in [0.3, 0.4) is 0 Å². The Morgan fingerprint density at radius 2 is 1.33 bits per heavy atom. The first-order chi connectivity index (χ1) is 8.81. The van der Waals surface area contributed by atoms with Crippen molar-refractivity contribution in [3.8, 4) is 25.2 Å². The van der Waals surface area contributed by atoms with Gasteiger partial charge >= 0.3 is 0 Å². The van der Waals surface area contributed by atoms with Gasteiger partial charge in [-0.05, 0) is 24.3 Å². The average molecular weight is 232 g/mol. The van der Waals surface area contributed by atoms with Crippen molar-refractivity contribution < 1.29 is 4.79 Å². The van der Waals surface area contributed by atoms with Crippen molar-refractivity contribution in [1.82, 2.24) is 0 Å². The molecule has 0 aromatic heterocycles. The number of hydrogen-bond acceptors (Lipinski definition) is 1. The Morgan fingerprint density at radius 3 is 1.83 bits per heavy atom. The molecule has 1 nitrogen and oxygen atoms in total. The summed E-state index contributed by atoms with van der Waals surface area (Å²) in [4.78, 5) is 12.0. The van der Waals surface area contributed by atoms with E-state index < -0.39 is 0 Å². The second-order valence-electron chi connectivity index (χ2n) is 3.42. The first-order valence-corrected chi connectivity index (χ1v) is 5.31. The van der Waals surface area contributed by atoms with Gasteiger partial charge in [0.15, 0.2) is 5.78 Å². The minimum atomic E-state index is 0.0178. The standard InChI is InChI=1S/C15H10O.C2H2/c1-2-12-8-10-14(11-9-12)15(16)13-6-4-3-5-7-13;1-2/h1,3-11H;1-2H. The van der Waals surface area contributed by atoms with Gasteiger partial charge in [-0.3, -0.25) is 4.79 Å². The van der Waals surface area contributed by atoms with Crippen molar-refractivity contribution in [3.63, 3.8) is 0 Å². The van der Waals surface area contributed by atoms with E-state index in [1.807, 2.05) is 18.2 Å². The molecule has 0 bridgehead atoms. The fraction of sp³-hybridized carbons (Fsp3) is 0. The molecule has 0 aliphatic carbocycles. The Balaban J connectivity index is 0.000000771. The van der Waals surface area contributed by atoms with Gasteiger partial charge in [-0.2, -0.15) is 0 Å². The van der Waals surface area contributed by atoms with E-state index in [2.05, 4.69) is 18.8 Å². The lowest BCUT2D eigenvalue weighted by Gasteiger charge is -2.00. The molecule has 0 N–H and O–H groups in total. The molecule has 0 saturated carbocycles. The van der Waals surface area contributed by atoms with Crippen molar-refractivity contribution in [2.45, 2.75) is 0 Å². The predicted molar refractivity (Wildman–Crippen MR) is 74.1 cm³/mol. The fourth-order valence-corrected chi connectivity index (χ4v) is 1.47. The maximum Gasteiger partial charge on any atom is 0.193 e. The third-order valence-electron chi connectivity index (χ3n) is 2.35. The van der Waals surface area contributed by atoms with Gasteiger partial charge in [-0.15, -0.1) is 19.3 Å². The number of carbonyl (C=O) groups excluding carboxylic acids is 1. The second kappa shape index (κ2) is 6.74. The number of ketones is 1. The SMILES string of the molecule is C#C.C#Cc1ccc(C(=O)c2ccccc2)cc1. The number of carbonyl (C=O) groups is 1. The van der Waals surface area contributed by atoms with Crippen molar-refractivity contribution in [3.05, 3.63) is 71.3 Å². The van der Waals surface area contributed by atoms with Gasteiger partial charge in [0.05, 0.1) is 0 Å². The highest BCUT2D eigenvalue weighted by molar-refractivity contribution is 6.08. The van der Waals surface area contributed by atoms with Gasteiger partial charge in [0.2, 0.25) is 0 Å². The molecule has 0 aliphatic rings. The molecular weight excluding hydrogens is 220 g/mol. The highest BCUT2D eigenvalue weighted by Gasteiger charge is 2.07. The summed E-state index contributed by atoms with van der Waals surface area (Å²) in [5.74, 6) is 2.54. The van der Waals surface area contributed by atoms with Gasteiger partial charge in [-0.25, -0.2) is 0 Å². The van der Waals surface area contributed by atoms with Gasteiger partial charge in [-0.1, -0.05) is 36.3 Å². The molecule has 0 heterocycles. The molecule has 1 heteroatoms. The molecule has 0 saturated heterocycles. The Kier molecular flexibility index (Phi) is 4.98. The summed E-state index contributed by atoms with van der Waals surface area (Å²) in [6.45, 7) is 0. The maximum atomic E-state index is 12.0. The first kappa shape index (κ1) is 13.3. The van der Waals surface area contributed by atoms with Crippen LogP contribution in [0.5, 0.6) is 0 Å². The molecule has 0 unspecified atom stereocenters. The zero-order valence-corrected chi connectivity index (χ0v) is 9.84. The molecule has 2 aromatic rings. The van der Waals surface area contributed by atoms with Gasteiger partial charge < -0.3 is 0 Å². The second-order valence-corrected chi connectivity index (χ2v) is 3.42. The molecule has 0 spiro atoms. The number of rotatable bonds is 2. The van der Waals surface area contributed by atoms with Gasteiger partial charge in [0.25, 0.3) is 0 Å². The topological polar surface area (TPSA) is 17.1 Å². The Hall–Kier alpha value is -2.77. The lowest BCUT2D eigenvalue weighted by molar-refractivity contribution is 0.103. The van der Waals surface area contributed by atoms with E-state index in [4.69, 9.17) is 6.42 Å². The minimum Gasteiger partial charge on any atom is -0.289 e. The van der Waals surface area contributed by atoms with E-state index in [0.717, 1.165) is 5.56 Å². The summed E-state index contributed by atoms with van der Waals surface area (Å²) in [5.41, 5.74) is 2.13. The predicted octanol–water partition coefficient (Wildman–Crippen LogP) is 3.15. The minimum absolute atomic E-state index is 0.0178. The van der Waals surface area contributed by atoms with Crippen LogP contribution < -0.4 is 0 Å². The Labute approximate surface area is 107 Å². The number of hydrogen-bond donors (Lipinski definition) is 0. The monoisotopic (exact) mass is 232 g/mol. The van der Waals surface area contributed by atoms with Crippen LogP contribution in [0.4, 0.5) is 0 Å². The fourth-order valence-electron chi connectivity index (χ4n) is 1.47. The van der Waals surface area contributed by atoms with Crippen molar-refractivity contribution in [2.75, 3.05) is 0 Å². The summed E-state index contributed by atoms with van der Waals surface area (Å²) < 4.78 is 0. The smallest absolute Gasteiger partial charge is 0.193 e. The molecule has 2 aromatic carbocycles. The van der Waals surface area contributed by atoms with Crippen LogP contribution in [0.25, 0.3) is 0 Å². The van der Waals surface area contributed by atoms with E-state index in [9.17, 15) is 4.79 Å². The molecule has 2 rings (SSSR count). The molecule has 0 radical (unpaired) electrons. The summed E-state index contributed by atoms with van der Waals surface area (Å²) in [6.07, 6.45) is 13.3. The van der Waals surface area contributed by atoms with Gasteiger partial charge in [0.1, 0.15) is 0 Å². The molecule has 86 valence electrons. The molecule has 0 amide bonds. The molecule has 18 heavy (non-hydrogen) atoms. The van der Waals surface area contributed by atoms with Crippen LogP contribution in [-0.2, 0) is 0 Å². The normalized spacial score (nSPS) is 8.50. The largest absolute Gasteiger partial charge is 0.289 e. The van der Waals surface area contributed by atoms with E-state index in [0.29, 0.717) is 11.1 Å². The van der Waals surface area contributed by atoms with Crippen LogP contribution in [0, 0.1) is 25.2 Å². The summed E-state index contributed by atoms with van der Waals surface area (Å²) >= 11 is 0. The Bertz CT molecular complexity index is 569. The quantitative estimate of drug-likeness (QED) is 0.574. The van der Waals surface area contributed by atoms with Crippen LogP contribution in [0.1, 0.15) is 21.5 Å².